The minimum atomic E-state index is -4.39. The molecule has 6 nitrogen and oxygen atoms in total. The van der Waals surface area contributed by atoms with Crippen LogP contribution in [0.5, 0.6) is 0 Å². The molecule has 0 saturated carbocycles. The molecule has 1 fully saturated rings. The standard InChI is InChI=1S/C21H31F3N4O2/c1-4-25-20(26-11-10-19(29)27(5-2)6-3)28-12-13-30-18(15-28)16-8-7-9-17(14-16)21(22,23)24/h7-9,14,18H,4-6,10-13,15H2,1-3H3,(H,25,26). The van der Waals surface area contributed by atoms with Crippen LogP contribution in [0.3, 0.4) is 0 Å². The number of nitrogens with one attached hydrogen (secondary N) is 1. The summed E-state index contributed by atoms with van der Waals surface area (Å²) in [6.07, 6.45) is -4.56. The minimum Gasteiger partial charge on any atom is -0.370 e. The lowest BCUT2D eigenvalue weighted by Crippen LogP contribution is -2.48. The number of guanidine groups is 1. The second-order valence-corrected chi connectivity index (χ2v) is 6.98. The van der Waals surface area contributed by atoms with Crippen molar-refractivity contribution >= 4 is 11.9 Å². The Morgan fingerprint density at radius 2 is 2.03 bits per heavy atom. The van der Waals surface area contributed by atoms with Crippen molar-refractivity contribution in [1.82, 2.24) is 15.1 Å². The second kappa shape index (κ2) is 11.2. The van der Waals surface area contributed by atoms with Gasteiger partial charge in [-0.05, 0) is 38.5 Å². The van der Waals surface area contributed by atoms with Gasteiger partial charge in [-0.25, -0.2) is 0 Å². The average molecular weight is 428 g/mol. The number of amides is 1. The first-order valence-corrected chi connectivity index (χ1v) is 10.4. The summed E-state index contributed by atoms with van der Waals surface area (Å²) in [7, 11) is 0. The second-order valence-electron chi connectivity index (χ2n) is 6.98. The Balaban J connectivity index is 2.07. The molecule has 0 aromatic heterocycles. The fraction of sp³-hybridized carbons (Fsp3) is 0.619. The number of hydrogen-bond acceptors (Lipinski definition) is 3. The van der Waals surface area contributed by atoms with E-state index in [9.17, 15) is 18.0 Å². The Labute approximate surface area is 176 Å². The summed E-state index contributed by atoms with van der Waals surface area (Å²) in [6.45, 7) is 9.50. The van der Waals surface area contributed by atoms with E-state index in [1.807, 2.05) is 25.7 Å². The molecule has 1 aromatic carbocycles. The molecule has 1 aliphatic rings. The van der Waals surface area contributed by atoms with Gasteiger partial charge in [0.15, 0.2) is 5.96 Å². The van der Waals surface area contributed by atoms with Crippen LogP contribution in [0.25, 0.3) is 0 Å². The van der Waals surface area contributed by atoms with E-state index in [4.69, 9.17) is 4.74 Å². The quantitative estimate of drug-likeness (QED) is 0.535. The van der Waals surface area contributed by atoms with E-state index < -0.39 is 17.8 Å². The van der Waals surface area contributed by atoms with Gasteiger partial charge in [0, 0.05) is 32.6 Å². The zero-order valence-electron chi connectivity index (χ0n) is 17.8. The first-order valence-electron chi connectivity index (χ1n) is 10.4. The van der Waals surface area contributed by atoms with Gasteiger partial charge in [0.25, 0.3) is 0 Å². The van der Waals surface area contributed by atoms with Crippen molar-refractivity contribution in [3.63, 3.8) is 0 Å². The molecule has 1 aliphatic heterocycles. The highest BCUT2D eigenvalue weighted by Gasteiger charge is 2.32. The third kappa shape index (κ3) is 6.62. The molecule has 1 unspecified atom stereocenters. The van der Waals surface area contributed by atoms with Crippen LogP contribution in [-0.2, 0) is 15.7 Å². The highest BCUT2D eigenvalue weighted by Crippen LogP contribution is 2.32. The van der Waals surface area contributed by atoms with Crippen molar-refractivity contribution in [3.05, 3.63) is 35.4 Å². The number of hydrogen-bond donors (Lipinski definition) is 1. The molecule has 168 valence electrons. The summed E-state index contributed by atoms with van der Waals surface area (Å²) < 4.78 is 44.9. The molecular weight excluding hydrogens is 397 g/mol. The molecule has 1 heterocycles. The molecule has 1 saturated heterocycles. The van der Waals surface area contributed by atoms with Crippen molar-refractivity contribution in [2.45, 2.75) is 39.5 Å². The Morgan fingerprint density at radius 1 is 1.30 bits per heavy atom. The fourth-order valence-corrected chi connectivity index (χ4v) is 3.38. The molecule has 2 rings (SSSR count). The van der Waals surface area contributed by atoms with E-state index in [1.165, 1.54) is 6.07 Å². The predicted octanol–water partition coefficient (Wildman–Crippen LogP) is 3.30. The van der Waals surface area contributed by atoms with E-state index in [0.717, 1.165) is 12.1 Å². The first-order chi connectivity index (χ1) is 14.3. The number of aliphatic imine (C=N–C) groups is 1. The van der Waals surface area contributed by atoms with E-state index in [-0.39, 0.29) is 5.91 Å². The normalized spacial score (nSPS) is 17.7. The molecule has 1 amide bonds. The average Bonchev–Trinajstić information content (AvgIpc) is 2.73. The molecule has 30 heavy (non-hydrogen) atoms. The van der Waals surface area contributed by atoms with Crippen LogP contribution in [0.1, 0.15) is 44.4 Å². The van der Waals surface area contributed by atoms with Gasteiger partial charge in [0.05, 0.1) is 25.3 Å². The highest BCUT2D eigenvalue weighted by molar-refractivity contribution is 5.81. The van der Waals surface area contributed by atoms with Crippen LogP contribution < -0.4 is 5.32 Å². The Hall–Kier alpha value is -2.29. The van der Waals surface area contributed by atoms with E-state index in [2.05, 4.69) is 10.3 Å². The van der Waals surface area contributed by atoms with Crippen LogP contribution in [0.4, 0.5) is 13.2 Å². The van der Waals surface area contributed by atoms with Crippen LogP contribution in [0.2, 0.25) is 0 Å². The number of rotatable bonds is 7. The van der Waals surface area contributed by atoms with Gasteiger partial charge >= 0.3 is 6.18 Å². The number of halogens is 3. The fourth-order valence-electron chi connectivity index (χ4n) is 3.38. The molecule has 9 heteroatoms. The zero-order valence-corrected chi connectivity index (χ0v) is 17.8. The van der Waals surface area contributed by atoms with Gasteiger partial charge in [-0.3, -0.25) is 9.79 Å². The van der Waals surface area contributed by atoms with E-state index >= 15 is 0 Å². The number of nitrogens with zero attached hydrogens (tertiary/aromatic N) is 3. The SMILES string of the molecule is CCNC(=NCCC(=O)N(CC)CC)N1CCOC(c2cccc(C(F)(F)F)c2)C1. The van der Waals surface area contributed by atoms with Gasteiger partial charge in [-0.15, -0.1) is 0 Å². The number of benzene rings is 1. The van der Waals surface area contributed by atoms with Gasteiger partial charge in [-0.2, -0.15) is 13.2 Å². The van der Waals surface area contributed by atoms with Crippen LogP contribution >= 0.6 is 0 Å². The van der Waals surface area contributed by atoms with Crippen molar-refractivity contribution < 1.29 is 22.7 Å². The maximum absolute atomic E-state index is 13.0. The zero-order chi connectivity index (χ0) is 22.1. The predicted molar refractivity (Wildman–Crippen MR) is 110 cm³/mol. The maximum Gasteiger partial charge on any atom is 0.416 e. The van der Waals surface area contributed by atoms with Crippen LogP contribution in [0, 0.1) is 0 Å². The molecule has 1 atom stereocenters. The molecule has 0 radical (unpaired) electrons. The summed E-state index contributed by atoms with van der Waals surface area (Å²) >= 11 is 0. The van der Waals surface area contributed by atoms with Gasteiger partial charge in [0.1, 0.15) is 6.10 Å². The van der Waals surface area contributed by atoms with Crippen molar-refractivity contribution in [1.29, 1.82) is 0 Å². The Morgan fingerprint density at radius 3 is 2.67 bits per heavy atom. The van der Waals surface area contributed by atoms with Gasteiger partial charge in [-0.1, -0.05) is 12.1 Å². The Kier molecular flexibility index (Phi) is 8.95. The first kappa shape index (κ1) is 24.0. The number of morpholine rings is 1. The summed E-state index contributed by atoms with van der Waals surface area (Å²) in [6, 6.07) is 5.25. The maximum atomic E-state index is 13.0. The molecule has 1 N–H and O–H groups in total. The van der Waals surface area contributed by atoms with Crippen molar-refractivity contribution in [2.75, 3.05) is 45.9 Å². The topological polar surface area (TPSA) is 57.2 Å². The van der Waals surface area contributed by atoms with Crippen LogP contribution in [0.15, 0.2) is 29.3 Å². The smallest absolute Gasteiger partial charge is 0.370 e. The number of ether oxygens (including phenoxy) is 1. The highest BCUT2D eigenvalue weighted by atomic mass is 19.4. The van der Waals surface area contributed by atoms with E-state index in [0.29, 0.717) is 63.8 Å². The van der Waals surface area contributed by atoms with Gasteiger partial charge < -0.3 is 19.9 Å². The molecule has 0 spiro atoms. The lowest BCUT2D eigenvalue weighted by molar-refractivity contribution is -0.137. The van der Waals surface area contributed by atoms with Crippen LogP contribution in [-0.4, -0.2) is 67.5 Å². The molecule has 0 aliphatic carbocycles. The molecular formula is C21H31F3N4O2. The molecule has 1 aromatic rings. The summed E-state index contributed by atoms with van der Waals surface area (Å²) in [5, 5.41) is 3.21. The third-order valence-electron chi connectivity index (χ3n) is 4.99. The largest absolute Gasteiger partial charge is 0.416 e. The summed E-state index contributed by atoms with van der Waals surface area (Å²) in [5.74, 6) is 0.702. The minimum absolute atomic E-state index is 0.0587. The lowest BCUT2D eigenvalue weighted by Gasteiger charge is -2.35. The number of carbonyl (C=O) groups excluding carboxylic acids is 1. The lowest BCUT2D eigenvalue weighted by atomic mass is 10.0. The third-order valence-corrected chi connectivity index (χ3v) is 4.99. The van der Waals surface area contributed by atoms with Crippen molar-refractivity contribution in [2.24, 2.45) is 4.99 Å². The molecule has 0 bridgehead atoms. The summed E-state index contributed by atoms with van der Waals surface area (Å²) in [5.41, 5.74) is -0.196. The Bertz CT molecular complexity index is 720. The number of carbonyl (C=O) groups is 1. The van der Waals surface area contributed by atoms with Crippen molar-refractivity contribution in [3.8, 4) is 0 Å². The monoisotopic (exact) mass is 428 g/mol. The number of alkyl halides is 3. The van der Waals surface area contributed by atoms with E-state index in [1.54, 1.807) is 11.0 Å². The summed E-state index contributed by atoms with van der Waals surface area (Å²) in [4.78, 5) is 20.5. The van der Waals surface area contributed by atoms with Gasteiger partial charge in [0.2, 0.25) is 5.91 Å².